The fourth-order valence-electron chi connectivity index (χ4n) is 1.73. The van der Waals surface area contributed by atoms with Gasteiger partial charge in [0.05, 0.1) is 6.26 Å². The number of hydrogen-bond donors (Lipinski definition) is 1. The molecule has 5 nitrogen and oxygen atoms in total. The van der Waals surface area contributed by atoms with Crippen molar-refractivity contribution in [2.45, 2.75) is 31.7 Å². The molecule has 14 heavy (non-hydrogen) atoms. The molecule has 1 fully saturated rings. The lowest BCUT2D eigenvalue weighted by atomic mass is 10.1. The number of carbonyl (C=O) groups is 1. The Morgan fingerprint density at radius 2 is 2.00 bits per heavy atom. The molecule has 1 atom stereocenters. The minimum absolute atomic E-state index is 0.329. The predicted octanol–water partition coefficient (Wildman–Crippen LogP) is 0.275. The first kappa shape index (κ1) is 11.5. The number of hydrogen-bond acceptors (Lipinski definition) is 3. The number of carboxylic acid groups (broad SMARTS) is 1. The third kappa shape index (κ3) is 2.68. The maximum absolute atomic E-state index is 11.3. The molecular weight excluding hydrogens is 206 g/mol. The van der Waals surface area contributed by atoms with Gasteiger partial charge < -0.3 is 5.11 Å². The molecule has 0 aromatic rings. The second-order valence-corrected chi connectivity index (χ2v) is 5.51. The standard InChI is InChI=1S/C8H15NO4S/c1-14(12,13)9-6-4-2-3-5-7(9)8(10)11/h7H,2-6H2,1H3,(H,10,11). The van der Waals surface area contributed by atoms with Gasteiger partial charge in [-0.15, -0.1) is 0 Å². The maximum atomic E-state index is 11.3. The van der Waals surface area contributed by atoms with E-state index in [9.17, 15) is 13.2 Å². The van der Waals surface area contributed by atoms with Crippen molar-refractivity contribution < 1.29 is 18.3 Å². The Morgan fingerprint density at radius 3 is 2.50 bits per heavy atom. The van der Waals surface area contributed by atoms with Crippen LogP contribution in [0.4, 0.5) is 0 Å². The second kappa shape index (κ2) is 4.27. The van der Waals surface area contributed by atoms with Gasteiger partial charge in [-0.05, 0) is 12.8 Å². The maximum Gasteiger partial charge on any atom is 0.322 e. The zero-order valence-electron chi connectivity index (χ0n) is 8.14. The molecule has 1 aliphatic heterocycles. The number of sulfonamides is 1. The zero-order valence-corrected chi connectivity index (χ0v) is 8.96. The Kier molecular flexibility index (Phi) is 3.49. The summed E-state index contributed by atoms with van der Waals surface area (Å²) in [6.45, 7) is 0.329. The molecule has 0 amide bonds. The summed E-state index contributed by atoms with van der Waals surface area (Å²) in [6.07, 6.45) is 3.91. The van der Waals surface area contributed by atoms with Crippen LogP contribution in [-0.4, -0.2) is 42.6 Å². The Bertz CT molecular complexity index is 311. The summed E-state index contributed by atoms with van der Waals surface area (Å²) in [5.74, 6) is -1.04. The van der Waals surface area contributed by atoms with Crippen molar-refractivity contribution in [1.29, 1.82) is 0 Å². The minimum atomic E-state index is -3.39. The van der Waals surface area contributed by atoms with E-state index in [2.05, 4.69) is 0 Å². The molecule has 0 saturated carbocycles. The largest absolute Gasteiger partial charge is 0.480 e. The molecule has 82 valence electrons. The molecule has 0 aromatic heterocycles. The first-order chi connectivity index (χ1) is 6.43. The van der Waals surface area contributed by atoms with E-state index in [1.54, 1.807) is 0 Å². The summed E-state index contributed by atoms with van der Waals surface area (Å²) in [6, 6.07) is -0.868. The van der Waals surface area contributed by atoms with Gasteiger partial charge in [0.15, 0.2) is 0 Å². The van der Waals surface area contributed by atoms with Crippen LogP contribution in [0.5, 0.6) is 0 Å². The Morgan fingerprint density at radius 1 is 1.36 bits per heavy atom. The minimum Gasteiger partial charge on any atom is -0.480 e. The molecule has 0 aromatic carbocycles. The Hall–Kier alpha value is -0.620. The van der Waals surface area contributed by atoms with Gasteiger partial charge in [-0.3, -0.25) is 4.79 Å². The second-order valence-electron chi connectivity index (χ2n) is 3.58. The van der Waals surface area contributed by atoms with Crippen LogP contribution >= 0.6 is 0 Å². The van der Waals surface area contributed by atoms with E-state index < -0.39 is 22.0 Å². The van der Waals surface area contributed by atoms with Crippen molar-refractivity contribution in [3.8, 4) is 0 Å². The van der Waals surface area contributed by atoms with Crippen molar-refractivity contribution in [3.63, 3.8) is 0 Å². The smallest absolute Gasteiger partial charge is 0.322 e. The molecule has 1 N–H and O–H groups in total. The molecule has 1 saturated heterocycles. The van der Waals surface area contributed by atoms with E-state index in [4.69, 9.17) is 5.11 Å². The van der Waals surface area contributed by atoms with E-state index >= 15 is 0 Å². The topological polar surface area (TPSA) is 74.7 Å². The van der Waals surface area contributed by atoms with Crippen molar-refractivity contribution in [1.82, 2.24) is 4.31 Å². The molecule has 6 heteroatoms. The molecule has 1 rings (SSSR count). The van der Waals surface area contributed by atoms with Gasteiger partial charge in [0.25, 0.3) is 0 Å². The van der Waals surface area contributed by atoms with Gasteiger partial charge >= 0.3 is 5.97 Å². The van der Waals surface area contributed by atoms with Crippen LogP contribution in [-0.2, 0) is 14.8 Å². The van der Waals surface area contributed by atoms with E-state index in [-0.39, 0.29) is 0 Å². The third-order valence-electron chi connectivity index (χ3n) is 2.41. The molecule has 0 spiro atoms. The fraction of sp³-hybridized carbons (Fsp3) is 0.875. The highest BCUT2D eigenvalue weighted by Crippen LogP contribution is 2.19. The Labute approximate surface area is 83.8 Å². The summed E-state index contributed by atoms with van der Waals surface area (Å²) in [5, 5.41) is 8.89. The first-order valence-corrected chi connectivity index (χ1v) is 6.47. The quantitative estimate of drug-likeness (QED) is 0.726. The van der Waals surface area contributed by atoms with E-state index in [1.807, 2.05) is 0 Å². The van der Waals surface area contributed by atoms with Crippen molar-refractivity contribution in [2.75, 3.05) is 12.8 Å². The SMILES string of the molecule is CS(=O)(=O)N1CCCCCC1C(=O)O. The molecular formula is C8H15NO4S. The van der Waals surface area contributed by atoms with Crippen LogP contribution in [0.15, 0.2) is 0 Å². The number of rotatable bonds is 2. The molecule has 1 unspecified atom stereocenters. The van der Waals surface area contributed by atoms with E-state index in [0.717, 1.165) is 29.8 Å². The summed E-state index contributed by atoms with van der Waals surface area (Å²) < 4.78 is 23.7. The highest BCUT2D eigenvalue weighted by molar-refractivity contribution is 7.88. The van der Waals surface area contributed by atoms with Crippen LogP contribution in [0.1, 0.15) is 25.7 Å². The predicted molar refractivity (Wildman–Crippen MR) is 51.4 cm³/mol. The lowest BCUT2D eigenvalue weighted by Gasteiger charge is -2.23. The van der Waals surface area contributed by atoms with Gasteiger partial charge in [0.1, 0.15) is 6.04 Å². The van der Waals surface area contributed by atoms with E-state index in [0.29, 0.717) is 13.0 Å². The highest BCUT2D eigenvalue weighted by Gasteiger charge is 2.32. The number of carboxylic acids is 1. The molecule has 1 aliphatic rings. The third-order valence-corrected chi connectivity index (χ3v) is 3.70. The van der Waals surface area contributed by atoms with Gasteiger partial charge in [0.2, 0.25) is 10.0 Å². The summed E-state index contributed by atoms with van der Waals surface area (Å²) in [5.41, 5.74) is 0. The monoisotopic (exact) mass is 221 g/mol. The van der Waals surface area contributed by atoms with Crippen molar-refractivity contribution in [3.05, 3.63) is 0 Å². The van der Waals surface area contributed by atoms with Gasteiger partial charge in [-0.2, -0.15) is 4.31 Å². The Balaban J connectivity index is 2.91. The first-order valence-electron chi connectivity index (χ1n) is 4.62. The lowest BCUT2D eigenvalue weighted by molar-refractivity contribution is -0.141. The fourth-order valence-corrected chi connectivity index (χ4v) is 2.84. The van der Waals surface area contributed by atoms with Crippen LogP contribution in [0, 0.1) is 0 Å². The molecule has 0 bridgehead atoms. The van der Waals surface area contributed by atoms with Gasteiger partial charge in [-0.25, -0.2) is 8.42 Å². The average Bonchev–Trinajstić information content (AvgIpc) is 2.26. The van der Waals surface area contributed by atoms with Gasteiger partial charge in [-0.1, -0.05) is 12.8 Å². The number of nitrogens with zero attached hydrogens (tertiary/aromatic N) is 1. The van der Waals surface area contributed by atoms with Crippen LogP contribution < -0.4 is 0 Å². The zero-order chi connectivity index (χ0) is 10.8. The van der Waals surface area contributed by atoms with Crippen LogP contribution in [0.25, 0.3) is 0 Å². The van der Waals surface area contributed by atoms with Crippen molar-refractivity contribution in [2.24, 2.45) is 0 Å². The van der Waals surface area contributed by atoms with Crippen LogP contribution in [0.3, 0.4) is 0 Å². The van der Waals surface area contributed by atoms with Gasteiger partial charge in [0, 0.05) is 6.54 Å². The normalized spacial score (nSPS) is 25.6. The lowest BCUT2D eigenvalue weighted by Crippen LogP contribution is -2.43. The van der Waals surface area contributed by atoms with Crippen molar-refractivity contribution >= 4 is 16.0 Å². The molecule has 0 radical (unpaired) electrons. The van der Waals surface area contributed by atoms with Crippen LogP contribution in [0.2, 0.25) is 0 Å². The molecule has 1 heterocycles. The average molecular weight is 221 g/mol. The van der Waals surface area contributed by atoms with E-state index in [1.165, 1.54) is 0 Å². The highest BCUT2D eigenvalue weighted by atomic mass is 32.2. The summed E-state index contributed by atoms with van der Waals surface area (Å²) in [4.78, 5) is 10.9. The molecule has 0 aliphatic carbocycles. The summed E-state index contributed by atoms with van der Waals surface area (Å²) in [7, 11) is -3.39. The number of aliphatic carboxylic acids is 1. The summed E-state index contributed by atoms with van der Waals surface area (Å²) >= 11 is 0.